The first kappa shape index (κ1) is 35.9. The molecule has 2 aliphatic rings. The van der Waals surface area contributed by atoms with E-state index in [0.717, 1.165) is 16.7 Å². The maximum atomic E-state index is 14.1. The summed E-state index contributed by atoms with van der Waals surface area (Å²) in [7, 11) is 0. The predicted octanol–water partition coefficient (Wildman–Crippen LogP) is 6.99. The molecule has 2 saturated heterocycles. The van der Waals surface area contributed by atoms with Crippen molar-refractivity contribution in [1.29, 1.82) is 0 Å². The van der Waals surface area contributed by atoms with Gasteiger partial charge in [-0.05, 0) is 47.2 Å². The zero-order valence-corrected chi connectivity index (χ0v) is 27.4. The van der Waals surface area contributed by atoms with E-state index < -0.39 is 52.4 Å². The number of aliphatic hydroxyl groups is 2. The van der Waals surface area contributed by atoms with E-state index in [-0.39, 0.29) is 25.4 Å². The minimum absolute atomic E-state index is 0.0914. The summed E-state index contributed by atoms with van der Waals surface area (Å²) in [5.74, 6) is -12.6. The first-order valence-corrected chi connectivity index (χ1v) is 16.4. The van der Waals surface area contributed by atoms with E-state index in [1.807, 2.05) is 36.4 Å². The zero-order chi connectivity index (χ0) is 35.6. The average molecular weight is 717 g/mol. The van der Waals surface area contributed by atoms with Crippen molar-refractivity contribution in [3.63, 3.8) is 0 Å². The van der Waals surface area contributed by atoms with Crippen LogP contribution in [0.15, 0.2) is 72.8 Å². The second-order valence-corrected chi connectivity index (χ2v) is 13.0. The Morgan fingerprint density at radius 3 is 1.96 bits per heavy atom. The Morgan fingerprint density at radius 2 is 1.36 bits per heavy atom. The Balaban J connectivity index is 1.13. The number of carbonyl (C=O) groups is 1. The van der Waals surface area contributed by atoms with Crippen LogP contribution in [0.4, 0.5) is 22.0 Å². The smallest absolute Gasteiger partial charge is 0.257 e. The maximum Gasteiger partial charge on any atom is 0.257 e. The quantitative estimate of drug-likeness (QED) is 0.0984. The van der Waals surface area contributed by atoms with Crippen molar-refractivity contribution in [2.24, 2.45) is 0 Å². The third kappa shape index (κ3) is 7.70. The Bertz CT molecular complexity index is 1790. The fourth-order valence-corrected chi connectivity index (χ4v) is 6.47. The van der Waals surface area contributed by atoms with Crippen molar-refractivity contribution >= 4 is 17.5 Å². The highest BCUT2D eigenvalue weighted by Gasteiger charge is 2.37. The number of aliphatic hydroxyl groups excluding tert-OH is 1. The largest absolute Gasteiger partial charge is 0.392 e. The average Bonchev–Trinajstić information content (AvgIpc) is 3.13. The van der Waals surface area contributed by atoms with E-state index in [1.165, 1.54) is 0 Å². The lowest BCUT2D eigenvalue weighted by Crippen LogP contribution is -2.46. The molecule has 3 N–H and O–H groups in total. The summed E-state index contributed by atoms with van der Waals surface area (Å²) in [6.07, 6.45) is 0.241. The van der Waals surface area contributed by atoms with Gasteiger partial charge in [0.05, 0.1) is 24.4 Å². The summed E-state index contributed by atoms with van der Waals surface area (Å²) in [6.45, 7) is 1.53. The topological polar surface area (TPSA) is 91.3 Å². The minimum Gasteiger partial charge on any atom is -0.392 e. The standard InChI is InChI=1S/C37H34ClF5N2O5/c38-26-11-9-25(10-12-26)37(48)13-15-45(16-14-37)19-27-17-28(23-5-3-22(20-46)4-6-23)50-36(49-27)24-7-1-21(2-8-24)18-44-35(47)29-30(39)32(41)34(43)33(42)31(29)40/h1-12,27-28,36,46,48H,13-20H2,(H,44,47). The molecule has 2 aliphatic heterocycles. The van der Waals surface area contributed by atoms with Crippen molar-refractivity contribution in [2.45, 2.75) is 56.5 Å². The molecule has 4 aromatic rings. The fourth-order valence-electron chi connectivity index (χ4n) is 6.34. The van der Waals surface area contributed by atoms with E-state index in [2.05, 4.69) is 10.2 Å². The Morgan fingerprint density at radius 1 is 0.800 bits per heavy atom. The zero-order valence-electron chi connectivity index (χ0n) is 26.7. The number of rotatable bonds is 9. The van der Waals surface area contributed by atoms with Crippen LogP contribution in [0.5, 0.6) is 0 Å². The van der Waals surface area contributed by atoms with Gasteiger partial charge < -0.3 is 29.9 Å². The van der Waals surface area contributed by atoms with Gasteiger partial charge in [-0.15, -0.1) is 0 Å². The van der Waals surface area contributed by atoms with Crippen molar-refractivity contribution < 1.29 is 46.4 Å². The molecule has 0 radical (unpaired) electrons. The van der Waals surface area contributed by atoms with Gasteiger partial charge in [0, 0.05) is 43.2 Å². The fraction of sp³-hybridized carbons (Fsp3) is 0.324. The molecule has 3 atom stereocenters. The van der Waals surface area contributed by atoms with Crippen LogP contribution in [0.1, 0.15) is 69.8 Å². The van der Waals surface area contributed by atoms with E-state index in [4.69, 9.17) is 21.1 Å². The minimum atomic E-state index is -2.34. The lowest BCUT2D eigenvalue weighted by atomic mass is 9.84. The molecule has 0 aromatic heterocycles. The molecule has 3 unspecified atom stereocenters. The molecule has 7 nitrogen and oxygen atoms in total. The van der Waals surface area contributed by atoms with E-state index >= 15 is 0 Å². The first-order chi connectivity index (χ1) is 24.0. The van der Waals surface area contributed by atoms with Gasteiger partial charge in [-0.3, -0.25) is 4.79 Å². The van der Waals surface area contributed by atoms with Crippen LogP contribution in [0.3, 0.4) is 0 Å². The number of nitrogens with zero attached hydrogens (tertiary/aromatic N) is 1. The first-order valence-electron chi connectivity index (χ1n) is 16.1. The lowest BCUT2D eigenvalue weighted by molar-refractivity contribution is -0.253. The summed E-state index contributed by atoms with van der Waals surface area (Å²) in [6, 6.07) is 21.4. The molecule has 0 spiro atoms. The van der Waals surface area contributed by atoms with Gasteiger partial charge in [0.15, 0.2) is 29.6 Å². The van der Waals surface area contributed by atoms with Crippen molar-refractivity contribution in [1.82, 2.24) is 10.2 Å². The highest BCUT2D eigenvalue weighted by atomic mass is 35.5. The number of nitrogens with one attached hydrogen (secondary N) is 1. The monoisotopic (exact) mass is 716 g/mol. The van der Waals surface area contributed by atoms with E-state index in [0.29, 0.717) is 55.0 Å². The number of piperidine rings is 1. The lowest BCUT2D eigenvalue weighted by Gasteiger charge is -2.42. The van der Waals surface area contributed by atoms with Crippen LogP contribution in [0, 0.1) is 29.1 Å². The van der Waals surface area contributed by atoms with Crippen LogP contribution in [-0.2, 0) is 28.2 Å². The van der Waals surface area contributed by atoms with Crippen LogP contribution in [0.25, 0.3) is 0 Å². The summed E-state index contributed by atoms with van der Waals surface area (Å²) in [5, 5.41) is 23.6. The molecular formula is C37H34ClF5N2O5. The van der Waals surface area contributed by atoms with E-state index in [1.54, 1.807) is 36.4 Å². The predicted molar refractivity (Wildman–Crippen MR) is 173 cm³/mol. The van der Waals surface area contributed by atoms with Crippen LogP contribution < -0.4 is 5.32 Å². The Labute approximate surface area is 290 Å². The van der Waals surface area contributed by atoms with Crippen molar-refractivity contribution in [2.75, 3.05) is 19.6 Å². The van der Waals surface area contributed by atoms with Crippen LogP contribution in [0.2, 0.25) is 5.02 Å². The Hall–Kier alpha value is -3.91. The number of ether oxygens (including phenoxy) is 2. The highest BCUT2D eigenvalue weighted by molar-refractivity contribution is 6.30. The Kier molecular flexibility index (Phi) is 10.9. The number of hydrogen-bond donors (Lipinski definition) is 3. The summed E-state index contributed by atoms with van der Waals surface area (Å²) < 4.78 is 81.6. The molecule has 2 heterocycles. The van der Waals surface area contributed by atoms with E-state index in [9.17, 15) is 37.0 Å². The van der Waals surface area contributed by atoms with Gasteiger partial charge >= 0.3 is 0 Å². The number of benzene rings is 4. The molecule has 0 saturated carbocycles. The van der Waals surface area contributed by atoms with Gasteiger partial charge in [-0.1, -0.05) is 72.3 Å². The second kappa shape index (κ2) is 15.1. The van der Waals surface area contributed by atoms with Crippen molar-refractivity contribution in [3.8, 4) is 0 Å². The van der Waals surface area contributed by atoms with Crippen LogP contribution >= 0.6 is 11.6 Å². The highest BCUT2D eigenvalue weighted by Crippen LogP contribution is 2.39. The molecule has 4 aromatic carbocycles. The molecule has 13 heteroatoms. The van der Waals surface area contributed by atoms with Gasteiger partial charge in [0.1, 0.15) is 5.56 Å². The molecule has 0 aliphatic carbocycles. The van der Waals surface area contributed by atoms with Crippen molar-refractivity contribution in [3.05, 3.63) is 140 Å². The number of hydrogen-bond acceptors (Lipinski definition) is 6. The number of likely N-dealkylation sites (tertiary alicyclic amines) is 1. The molecule has 50 heavy (non-hydrogen) atoms. The molecule has 264 valence electrons. The second-order valence-electron chi connectivity index (χ2n) is 12.6. The van der Waals surface area contributed by atoms with Gasteiger partial charge in [-0.2, -0.15) is 0 Å². The van der Waals surface area contributed by atoms with Gasteiger partial charge in [0.25, 0.3) is 5.91 Å². The number of halogens is 6. The molecular weight excluding hydrogens is 683 g/mol. The number of amides is 1. The summed E-state index contributed by atoms with van der Waals surface area (Å²) in [4.78, 5) is 14.6. The van der Waals surface area contributed by atoms with Crippen LogP contribution in [-0.4, -0.2) is 46.8 Å². The molecule has 0 bridgehead atoms. The molecule has 6 rings (SSSR count). The third-order valence-corrected chi connectivity index (χ3v) is 9.54. The van der Waals surface area contributed by atoms with Gasteiger partial charge in [0.2, 0.25) is 5.82 Å². The molecule has 1 amide bonds. The maximum absolute atomic E-state index is 14.1. The normalized spacial score (nSPS) is 20.8. The SMILES string of the molecule is O=C(NCc1ccc(C2OC(CN3CCC(O)(c4ccc(Cl)cc4)CC3)CC(c3ccc(CO)cc3)O2)cc1)c1c(F)c(F)c(F)c(F)c1F. The van der Waals surface area contributed by atoms with Gasteiger partial charge in [-0.25, -0.2) is 22.0 Å². The summed E-state index contributed by atoms with van der Waals surface area (Å²) in [5.41, 5.74) is 1.12. The number of carbonyl (C=O) groups excluding carboxylic acids is 1. The third-order valence-electron chi connectivity index (χ3n) is 9.28. The molecule has 2 fully saturated rings. The summed E-state index contributed by atoms with van der Waals surface area (Å²) >= 11 is 6.04.